The second-order valence-corrected chi connectivity index (χ2v) is 3.49. The third-order valence-electron chi connectivity index (χ3n) is 2.25. The molecule has 19 heavy (non-hydrogen) atoms. The van der Waals surface area contributed by atoms with E-state index in [9.17, 15) is 14.9 Å². The first-order valence-corrected chi connectivity index (χ1v) is 5.29. The van der Waals surface area contributed by atoms with Crippen molar-refractivity contribution in [3.05, 3.63) is 64.1 Å². The number of nitrogens with one attached hydrogen (secondary N) is 1. The van der Waals surface area contributed by atoms with E-state index < -0.39 is 10.8 Å². The number of nitrogens with zero attached hydrogens (tertiary/aromatic N) is 2. The Balaban J connectivity index is 2.07. The van der Waals surface area contributed by atoms with Gasteiger partial charge in [0, 0.05) is 6.07 Å². The Labute approximate surface area is 107 Å². The van der Waals surface area contributed by atoms with Gasteiger partial charge in [0.1, 0.15) is 0 Å². The third kappa shape index (κ3) is 3.03. The number of carbonyl (C=O) groups is 1. The molecule has 0 fully saturated rings. The molecule has 0 spiro atoms. The number of furan rings is 1. The van der Waals surface area contributed by atoms with Gasteiger partial charge in [0.05, 0.1) is 23.0 Å². The Kier molecular flexibility index (Phi) is 3.67. The summed E-state index contributed by atoms with van der Waals surface area (Å²) in [6.07, 6.45) is 2.57. The largest absolute Gasteiger partial charge is 0.459 e. The average Bonchev–Trinajstić information content (AvgIpc) is 2.93. The van der Waals surface area contributed by atoms with Crippen LogP contribution in [0, 0.1) is 10.1 Å². The molecule has 0 bridgehead atoms. The summed E-state index contributed by atoms with van der Waals surface area (Å²) < 4.78 is 4.87. The number of nitro groups is 1. The van der Waals surface area contributed by atoms with Crippen molar-refractivity contribution in [1.29, 1.82) is 0 Å². The van der Waals surface area contributed by atoms with Gasteiger partial charge in [-0.15, -0.1) is 0 Å². The van der Waals surface area contributed by atoms with E-state index in [0.29, 0.717) is 5.56 Å². The van der Waals surface area contributed by atoms with Crippen molar-refractivity contribution in [1.82, 2.24) is 5.43 Å². The number of hydrogen-bond acceptors (Lipinski definition) is 5. The molecule has 1 aromatic carbocycles. The lowest BCUT2D eigenvalue weighted by Crippen LogP contribution is -2.16. The standard InChI is InChI=1S/C12H9N3O4/c16-12(11-6-3-7-19-11)14-13-8-9-4-1-2-5-10(9)15(17)18/h1-8H,(H,14,16). The molecule has 1 heterocycles. The van der Waals surface area contributed by atoms with E-state index in [1.165, 1.54) is 30.7 Å². The maximum Gasteiger partial charge on any atom is 0.307 e. The van der Waals surface area contributed by atoms with E-state index in [1.54, 1.807) is 18.2 Å². The fourth-order valence-corrected chi connectivity index (χ4v) is 1.39. The molecule has 0 saturated heterocycles. The number of amides is 1. The molecule has 1 N–H and O–H groups in total. The van der Waals surface area contributed by atoms with Gasteiger partial charge < -0.3 is 4.42 Å². The SMILES string of the molecule is O=C(NN=Cc1ccccc1[N+](=O)[O-])c1ccco1. The zero-order chi connectivity index (χ0) is 13.7. The second kappa shape index (κ2) is 5.58. The fraction of sp³-hybridized carbons (Fsp3) is 0. The van der Waals surface area contributed by atoms with Gasteiger partial charge in [-0.3, -0.25) is 14.9 Å². The van der Waals surface area contributed by atoms with Gasteiger partial charge in [0.25, 0.3) is 5.69 Å². The molecule has 7 nitrogen and oxygen atoms in total. The van der Waals surface area contributed by atoms with Crippen molar-refractivity contribution in [3.8, 4) is 0 Å². The molecular weight excluding hydrogens is 250 g/mol. The normalized spacial score (nSPS) is 10.5. The van der Waals surface area contributed by atoms with Gasteiger partial charge in [-0.1, -0.05) is 12.1 Å². The van der Waals surface area contributed by atoms with E-state index in [-0.39, 0.29) is 11.4 Å². The molecule has 0 radical (unpaired) electrons. The molecule has 1 amide bonds. The van der Waals surface area contributed by atoms with Crippen LogP contribution in [-0.2, 0) is 0 Å². The Morgan fingerprint density at radius 3 is 2.79 bits per heavy atom. The van der Waals surface area contributed by atoms with E-state index in [2.05, 4.69) is 10.5 Å². The van der Waals surface area contributed by atoms with Crippen LogP contribution >= 0.6 is 0 Å². The summed E-state index contributed by atoms with van der Waals surface area (Å²) in [5.74, 6) is -0.417. The minimum atomic E-state index is -0.528. The summed E-state index contributed by atoms with van der Waals surface area (Å²) >= 11 is 0. The average molecular weight is 259 g/mol. The minimum absolute atomic E-state index is 0.0847. The Bertz CT molecular complexity index is 620. The highest BCUT2D eigenvalue weighted by Crippen LogP contribution is 2.15. The van der Waals surface area contributed by atoms with Crippen LogP contribution in [0.15, 0.2) is 52.2 Å². The van der Waals surface area contributed by atoms with Crippen LogP contribution in [0.1, 0.15) is 16.1 Å². The lowest BCUT2D eigenvalue weighted by atomic mass is 10.2. The summed E-state index contributed by atoms with van der Waals surface area (Å²) in [7, 11) is 0. The lowest BCUT2D eigenvalue weighted by Gasteiger charge is -1.97. The summed E-state index contributed by atoms with van der Waals surface area (Å²) in [4.78, 5) is 21.7. The monoisotopic (exact) mass is 259 g/mol. The number of carbonyl (C=O) groups excluding carboxylic acids is 1. The topological polar surface area (TPSA) is 97.7 Å². The Hall–Kier alpha value is -2.96. The van der Waals surface area contributed by atoms with Crippen LogP contribution in [0.4, 0.5) is 5.69 Å². The first-order chi connectivity index (χ1) is 9.18. The van der Waals surface area contributed by atoms with Crippen molar-refractivity contribution < 1.29 is 14.1 Å². The van der Waals surface area contributed by atoms with Crippen LogP contribution in [0.25, 0.3) is 0 Å². The predicted molar refractivity (Wildman–Crippen MR) is 66.9 cm³/mol. The zero-order valence-corrected chi connectivity index (χ0v) is 9.65. The quantitative estimate of drug-likeness (QED) is 0.515. The summed E-state index contributed by atoms with van der Waals surface area (Å²) in [6.45, 7) is 0. The lowest BCUT2D eigenvalue weighted by molar-refractivity contribution is -0.385. The van der Waals surface area contributed by atoms with Gasteiger partial charge in [0.15, 0.2) is 5.76 Å². The number of hydrogen-bond donors (Lipinski definition) is 1. The van der Waals surface area contributed by atoms with Crippen molar-refractivity contribution in [2.24, 2.45) is 5.10 Å². The van der Waals surface area contributed by atoms with Crippen LogP contribution < -0.4 is 5.43 Å². The molecule has 7 heteroatoms. The van der Waals surface area contributed by atoms with Crippen molar-refractivity contribution in [3.63, 3.8) is 0 Å². The fourth-order valence-electron chi connectivity index (χ4n) is 1.39. The van der Waals surface area contributed by atoms with Gasteiger partial charge in [0.2, 0.25) is 0 Å². The van der Waals surface area contributed by atoms with Gasteiger partial charge >= 0.3 is 5.91 Å². The molecular formula is C12H9N3O4. The molecule has 0 aliphatic heterocycles. The molecule has 2 rings (SSSR count). The molecule has 0 aliphatic carbocycles. The van der Waals surface area contributed by atoms with E-state index in [4.69, 9.17) is 4.42 Å². The second-order valence-electron chi connectivity index (χ2n) is 3.49. The van der Waals surface area contributed by atoms with Crippen molar-refractivity contribution in [2.75, 3.05) is 0 Å². The van der Waals surface area contributed by atoms with Crippen LogP contribution in [0.3, 0.4) is 0 Å². The summed E-state index contributed by atoms with van der Waals surface area (Å²) in [5.41, 5.74) is 2.43. The number of benzene rings is 1. The molecule has 96 valence electrons. The first-order valence-electron chi connectivity index (χ1n) is 5.29. The highest BCUT2D eigenvalue weighted by Gasteiger charge is 2.10. The third-order valence-corrected chi connectivity index (χ3v) is 2.25. The molecule has 0 aliphatic rings. The number of hydrazone groups is 1. The van der Waals surface area contributed by atoms with Crippen LogP contribution in [0.2, 0.25) is 0 Å². The molecule has 2 aromatic rings. The number of nitro benzene ring substituents is 1. The molecule has 0 atom stereocenters. The summed E-state index contributed by atoms with van der Waals surface area (Å²) in [6, 6.07) is 9.13. The zero-order valence-electron chi connectivity index (χ0n) is 9.65. The highest BCUT2D eigenvalue weighted by atomic mass is 16.6. The van der Waals surface area contributed by atoms with Gasteiger partial charge in [-0.05, 0) is 18.2 Å². The Morgan fingerprint density at radius 1 is 1.32 bits per heavy atom. The van der Waals surface area contributed by atoms with Crippen LogP contribution in [0.5, 0.6) is 0 Å². The number of para-hydroxylation sites is 1. The minimum Gasteiger partial charge on any atom is -0.459 e. The summed E-state index contributed by atoms with van der Waals surface area (Å²) in [5, 5.41) is 14.4. The van der Waals surface area contributed by atoms with Gasteiger partial charge in [-0.2, -0.15) is 5.10 Å². The molecule has 1 aromatic heterocycles. The molecule has 0 unspecified atom stereocenters. The van der Waals surface area contributed by atoms with Crippen molar-refractivity contribution in [2.45, 2.75) is 0 Å². The van der Waals surface area contributed by atoms with E-state index in [1.807, 2.05) is 0 Å². The first kappa shape index (κ1) is 12.5. The van der Waals surface area contributed by atoms with E-state index >= 15 is 0 Å². The molecule has 0 saturated carbocycles. The maximum atomic E-state index is 11.5. The van der Waals surface area contributed by atoms with Crippen molar-refractivity contribution >= 4 is 17.8 Å². The smallest absolute Gasteiger partial charge is 0.307 e. The highest BCUT2D eigenvalue weighted by molar-refractivity contribution is 5.92. The number of rotatable bonds is 4. The Morgan fingerprint density at radius 2 is 2.11 bits per heavy atom. The predicted octanol–water partition coefficient (Wildman–Crippen LogP) is 1.95. The maximum absolute atomic E-state index is 11.5. The van der Waals surface area contributed by atoms with E-state index in [0.717, 1.165) is 0 Å². The van der Waals surface area contributed by atoms with Crippen LogP contribution in [-0.4, -0.2) is 17.0 Å². The van der Waals surface area contributed by atoms with Gasteiger partial charge in [-0.25, -0.2) is 5.43 Å².